The van der Waals surface area contributed by atoms with Gasteiger partial charge in [0.2, 0.25) is 11.7 Å². The number of fused-ring (bicyclic) bond motifs is 1. The molecule has 0 bridgehead atoms. The van der Waals surface area contributed by atoms with Crippen LogP contribution in [0, 0.1) is 0 Å². The third kappa shape index (κ3) is 7.34. The van der Waals surface area contributed by atoms with Crippen molar-refractivity contribution in [3.63, 3.8) is 0 Å². The second-order valence-electron chi connectivity index (χ2n) is 12.8. The first kappa shape index (κ1) is 38.2. The molecule has 0 aliphatic carbocycles. The zero-order valence-electron chi connectivity index (χ0n) is 27.3. The van der Waals surface area contributed by atoms with E-state index in [9.17, 15) is 61.0 Å². The molecule has 52 heavy (non-hydrogen) atoms. The summed E-state index contributed by atoms with van der Waals surface area (Å²) in [6.07, 6.45) is -23.0. The van der Waals surface area contributed by atoms with Crippen molar-refractivity contribution in [2.24, 2.45) is 0 Å². The molecule has 0 saturated carbocycles. The number of hydrogen-bond donors (Lipinski definition) is 11. The molecular weight excluding hydrogens is 700 g/mol. The topological polar surface area (TPSA) is 308 Å². The van der Waals surface area contributed by atoms with Crippen LogP contribution in [0.3, 0.4) is 0 Å². The highest BCUT2D eigenvalue weighted by atomic mass is 16.7. The Morgan fingerprint density at radius 2 is 1.33 bits per heavy atom. The van der Waals surface area contributed by atoms with E-state index in [4.69, 9.17) is 32.8 Å². The van der Waals surface area contributed by atoms with Gasteiger partial charge in [0.15, 0.2) is 12.6 Å². The van der Waals surface area contributed by atoms with Crippen molar-refractivity contribution in [2.75, 3.05) is 13.2 Å². The van der Waals surface area contributed by atoms with Crippen LogP contribution in [-0.4, -0.2) is 162 Å². The Balaban J connectivity index is 1.11. The van der Waals surface area contributed by atoms with Gasteiger partial charge in [-0.1, -0.05) is 12.1 Å². The van der Waals surface area contributed by atoms with Crippen LogP contribution in [-0.2, 0) is 23.7 Å². The average molecular weight is 741 g/mol. The third-order valence-corrected chi connectivity index (χ3v) is 9.27. The normalized spacial score (nSPS) is 38.3. The number of aromatic hydroxyl groups is 2. The second kappa shape index (κ2) is 15.5. The van der Waals surface area contributed by atoms with Gasteiger partial charge in [-0.05, 0) is 24.6 Å². The smallest absolute Gasteiger partial charge is 0.229 e. The van der Waals surface area contributed by atoms with E-state index in [2.05, 4.69) is 0 Å². The van der Waals surface area contributed by atoms with Crippen LogP contribution in [0.4, 0.5) is 0 Å². The molecule has 6 rings (SSSR count). The van der Waals surface area contributed by atoms with Crippen LogP contribution in [0.5, 0.6) is 17.2 Å². The number of phenolic OH excluding ortho intramolecular Hbond substituents is 2. The van der Waals surface area contributed by atoms with Gasteiger partial charge in [0.25, 0.3) is 0 Å². The molecule has 2 aromatic carbocycles. The van der Waals surface area contributed by atoms with Gasteiger partial charge in [0.05, 0.1) is 24.9 Å². The van der Waals surface area contributed by atoms with E-state index in [1.165, 1.54) is 37.3 Å². The summed E-state index contributed by atoms with van der Waals surface area (Å²) in [7, 11) is 0. The summed E-state index contributed by atoms with van der Waals surface area (Å²) in [5.41, 5.74) is -0.158. The summed E-state index contributed by atoms with van der Waals surface area (Å²) < 4.78 is 39.0. The molecule has 0 radical (unpaired) electrons. The molecular formula is C33H40O19. The number of hydrogen-bond acceptors (Lipinski definition) is 19. The predicted molar refractivity (Wildman–Crippen MR) is 169 cm³/mol. The molecule has 0 amide bonds. The molecule has 3 aromatic rings. The fourth-order valence-electron chi connectivity index (χ4n) is 6.26. The van der Waals surface area contributed by atoms with Crippen LogP contribution in [0.1, 0.15) is 6.92 Å². The molecule has 3 aliphatic heterocycles. The largest absolute Gasteiger partial charge is 0.508 e. The molecule has 15 atom stereocenters. The molecule has 3 aliphatic rings. The minimum atomic E-state index is -1.84. The average Bonchev–Trinajstić information content (AvgIpc) is 3.12. The zero-order valence-corrected chi connectivity index (χ0v) is 27.3. The SMILES string of the molecule is C[C@H]1O[C@@H](OC[C@@H]2O[C@H](Oc3cc(O)c4c(=O)c(-c5ccc(O)cc5)coc4c3)[C@@H](O)[C@H](O)[C@H]2O)[C@H](O)[C@H](O)[C@@H]1O[C@@H]1O[C@H](CO)[C@@H](O)[C@@H](O)[C@@H]1O. The number of phenols is 2. The quantitative estimate of drug-likeness (QED) is 0.102. The molecule has 0 spiro atoms. The van der Waals surface area contributed by atoms with E-state index in [1.54, 1.807) is 0 Å². The number of ether oxygens (including phenoxy) is 6. The second-order valence-corrected chi connectivity index (χ2v) is 12.8. The van der Waals surface area contributed by atoms with E-state index in [1.807, 2.05) is 0 Å². The first-order valence-corrected chi connectivity index (χ1v) is 16.2. The third-order valence-electron chi connectivity index (χ3n) is 9.27. The van der Waals surface area contributed by atoms with E-state index < -0.39 is 117 Å². The molecule has 19 nitrogen and oxygen atoms in total. The predicted octanol–water partition coefficient (Wildman–Crippen LogP) is -3.27. The molecule has 4 heterocycles. The first-order valence-electron chi connectivity index (χ1n) is 16.2. The van der Waals surface area contributed by atoms with Crippen molar-refractivity contribution >= 4 is 11.0 Å². The zero-order chi connectivity index (χ0) is 37.6. The lowest BCUT2D eigenvalue weighted by molar-refractivity contribution is -0.359. The lowest BCUT2D eigenvalue weighted by Gasteiger charge is -2.46. The van der Waals surface area contributed by atoms with Crippen LogP contribution in [0.2, 0.25) is 0 Å². The van der Waals surface area contributed by atoms with E-state index in [0.29, 0.717) is 5.56 Å². The van der Waals surface area contributed by atoms with Crippen molar-refractivity contribution in [3.05, 3.63) is 52.9 Å². The molecule has 286 valence electrons. The highest BCUT2D eigenvalue weighted by Gasteiger charge is 2.51. The lowest BCUT2D eigenvalue weighted by Crippen LogP contribution is -2.64. The molecule has 19 heteroatoms. The standard InChI is InChI=1S/C33H40O19/c1-11-30(52-33-28(44)24(40)22(38)18(8-34)50-33)26(42)29(45)31(48-11)47-10-19-23(39)25(41)27(43)32(51-19)49-14-6-16(36)20-17(7-14)46-9-15(21(20)37)12-2-4-13(35)5-3-12/h2-7,9,11,18-19,22-36,38-45H,8,10H2,1H3/t11-,18-,19+,22-,23+,24-,25-,26+,27+,28+,29-,30-,31-,32+,33+/m1/s1. The van der Waals surface area contributed by atoms with Crippen LogP contribution < -0.4 is 10.2 Å². The Kier molecular flexibility index (Phi) is 11.4. The summed E-state index contributed by atoms with van der Waals surface area (Å²) in [6, 6.07) is 8.03. The van der Waals surface area contributed by atoms with Gasteiger partial charge in [0, 0.05) is 12.1 Å². The monoisotopic (exact) mass is 740 g/mol. The highest BCUT2D eigenvalue weighted by Crippen LogP contribution is 2.34. The number of aliphatic hydroxyl groups excluding tert-OH is 9. The molecule has 1 aromatic heterocycles. The summed E-state index contributed by atoms with van der Waals surface area (Å²) >= 11 is 0. The summed E-state index contributed by atoms with van der Waals surface area (Å²) in [5.74, 6) is -0.717. The van der Waals surface area contributed by atoms with E-state index in [-0.39, 0.29) is 28.0 Å². The Morgan fingerprint density at radius 1 is 0.712 bits per heavy atom. The van der Waals surface area contributed by atoms with Crippen molar-refractivity contribution in [1.29, 1.82) is 0 Å². The highest BCUT2D eigenvalue weighted by molar-refractivity contribution is 5.88. The van der Waals surface area contributed by atoms with Crippen molar-refractivity contribution in [1.82, 2.24) is 0 Å². The van der Waals surface area contributed by atoms with Gasteiger partial charge in [-0.15, -0.1) is 0 Å². The number of aliphatic hydroxyl groups is 9. The molecule has 3 fully saturated rings. The van der Waals surface area contributed by atoms with Crippen LogP contribution in [0.25, 0.3) is 22.1 Å². The Labute approximate surface area is 293 Å². The van der Waals surface area contributed by atoms with Gasteiger partial charge >= 0.3 is 0 Å². The fourth-order valence-corrected chi connectivity index (χ4v) is 6.26. The summed E-state index contributed by atoms with van der Waals surface area (Å²) in [4.78, 5) is 13.2. The maximum atomic E-state index is 13.2. The van der Waals surface area contributed by atoms with E-state index >= 15 is 0 Å². The first-order chi connectivity index (χ1) is 24.7. The van der Waals surface area contributed by atoms with Gasteiger partial charge in [0.1, 0.15) is 102 Å². The summed E-state index contributed by atoms with van der Waals surface area (Å²) in [6.45, 7) is 0.106. The molecule has 11 N–H and O–H groups in total. The Morgan fingerprint density at radius 3 is 2.00 bits per heavy atom. The van der Waals surface area contributed by atoms with Gasteiger partial charge < -0.3 is 89.0 Å². The van der Waals surface area contributed by atoms with Gasteiger partial charge in [-0.3, -0.25) is 4.79 Å². The minimum absolute atomic E-state index is 0.0123. The van der Waals surface area contributed by atoms with Crippen LogP contribution in [0.15, 0.2) is 51.9 Å². The van der Waals surface area contributed by atoms with Crippen molar-refractivity contribution < 1.29 is 89.0 Å². The van der Waals surface area contributed by atoms with Crippen molar-refractivity contribution in [3.8, 4) is 28.4 Å². The molecule has 0 unspecified atom stereocenters. The maximum absolute atomic E-state index is 13.2. The minimum Gasteiger partial charge on any atom is -0.508 e. The van der Waals surface area contributed by atoms with E-state index in [0.717, 1.165) is 12.3 Å². The number of benzene rings is 2. The van der Waals surface area contributed by atoms with Crippen molar-refractivity contribution in [2.45, 2.75) is 99.0 Å². The lowest BCUT2D eigenvalue weighted by atomic mass is 9.97. The number of rotatable bonds is 9. The Hall–Kier alpha value is -3.51. The Bertz CT molecular complexity index is 1730. The van der Waals surface area contributed by atoms with Crippen LogP contribution >= 0.6 is 0 Å². The fraction of sp³-hybridized carbons (Fsp3) is 0.545. The molecule has 3 saturated heterocycles. The maximum Gasteiger partial charge on any atom is 0.229 e. The van der Waals surface area contributed by atoms with Gasteiger partial charge in [-0.25, -0.2) is 0 Å². The van der Waals surface area contributed by atoms with Gasteiger partial charge in [-0.2, -0.15) is 0 Å². The summed E-state index contributed by atoms with van der Waals surface area (Å²) in [5, 5.41) is 113.